The van der Waals surface area contributed by atoms with Crippen molar-refractivity contribution in [2.45, 2.75) is 83.3 Å². The summed E-state index contributed by atoms with van der Waals surface area (Å²) in [6.45, 7) is 6.66. The van der Waals surface area contributed by atoms with Crippen molar-refractivity contribution in [2.24, 2.45) is 0 Å². The summed E-state index contributed by atoms with van der Waals surface area (Å²) in [7, 11) is 0. The maximum atomic E-state index is 13.2. The molecule has 0 saturated heterocycles. The number of carbonyl (C=O) groups is 1. The van der Waals surface area contributed by atoms with Gasteiger partial charge in [0.05, 0.1) is 23.5 Å². The van der Waals surface area contributed by atoms with E-state index in [1.165, 1.54) is 0 Å². The second kappa shape index (κ2) is 7.88. The molecule has 1 aliphatic carbocycles. The van der Waals surface area contributed by atoms with E-state index in [9.17, 15) is 9.90 Å². The zero-order valence-electron chi connectivity index (χ0n) is 17.4. The van der Waals surface area contributed by atoms with E-state index in [0.29, 0.717) is 31.5 Å². The molecule has 0 spiro atoms. The molecule has 2 N–H and O–H groups in total. The highest BCUT2D eigenvalue weighted by Crippen LogP contribution is 2.37. The van der Waals surface area contributed by atoms with Crippen LogP contribution in [-0.2, 0) is 23.3 Å². The van der Waals surface area contributed by atoms with Crippen LogP contribution in [0.3, 0.4) is 0 Å². The van der Waals surface area contributed by atoms with Crippen LogP contribution >= 0.6 is 0 Å². The van der Waals surface area contributed by atoms with E-state index in [1.54, 1.807) is 17.1 Å². The number of nitrogens with zero attached hydrogens (tertiary/aromatic N) is 3. The Hall–Kier alpha value is -2.25. The Labute approximate surface area is 171 Å². The highest BCUT2D eigenvalue weighted by atomic mass is 16.5. The van der Waals surface area contributed by atoms with Crippen molar-refractivity contribution in [2.75, 3.05) is 0 Å². The van der Waals surface area contributed by atoms with Gasteiger partial charge in [-0.25, -0.2) is 0 Å². The van der Waals surface area contributed by atoms with Crippen LogP contribution in [0.5, 0.6) is 0 Å². The molecule has 1 fully saturated rings. The van der Waals surface area contributed by atoms with Crippen LogP contribution in [0.2, 0.25) is 0 Å². The predicted molar refractivity (Wildman–Crippen MR) is 108 cm³/mol. The van der Waals surface area contributed by atoms with E-state index in [0.717, 1.165) is 29.7 Å². The summed E-state index contributed by atoms with van der Waals surface area (Å²) in [6, 6.07) is 3.81. The van der Waals surface area contributed by atoms with Gasteiger partial charge in [-0.15, -0.1) is 0 Å². The Balaban J connectivity index is 1.47. The molecule has 2 atom stereocenters. The molecule has 2 aromatic rings. The first-order chi connectivity index (χ1) is 13.9. The number of hydrogen-bond donors (Lipinski definition) is 2. The smallest absolute Gasteiger partial charge is 0.270 e. The summed E-state index contributed by atoms with van der Waals surface area (Å²) < 4.78 is 7.68. The fourth-order valence-electron chi connectivity index (χ4n) is 4.70. The lowest BCUT2D eigenvalue weighted by Gasteiger charge is -2.36. The Morgan fingerprint density at radius 3 is 2.79 bits per heavy atom. The lowest BCUT2D eigenvalue weighted by atomic mass is 9.78. The molecule has 2 aliphatic rings. The van der Waals surface area contributed by atoms with Gasteiger partial charge in [0.2, 0.25) is 0 Å². The van der Waals surface area contributed by atoms with Crippen molar-refractivity contribution in [3.63, 3.8) is 0 Å². The highest BCUT2D eigenvalue weighted by molar-refractivity contribution is 5.94. The molecule has 1 aliphatic heterocycles. The minimum absolute atomic E-state index is 0.0463. The molecule has 0 unspecified atom stereocenters. The zero-order chi connectivity index (χ0) is 20.6. The van der Waals surface area contributed by atoms with Gasteiger partial charge in [0.15, 0.2) is 0 Å². The topological polar surface area (TPSA) is 89.3 Å². The van der Waals surface area contributed by atoms with Crippen molar-refractivity contribution >= 4 is 5.91 Å². The van der Waals surface area contributed by atoms with E-state index in [2.05, 4.69) is 15.4 Å². The average molecular weight is 399 g/mol. The standard InChI is InChI=1S/C22H30N4O3/c1-4-26-20(18-12-14(2)29-15(3)19(18)25-26)21(27)24-17-7-9-22(28,10-8-17)16-6-5-11-23-13-16/h5-6,11,13-15,17,28H,4,7-10,12H2,1-3H3,(H,24,27)/t14-,15+,17?,22?/m0/s1. The molecule has 7 heteroatoms. The van der Waals surface area contributed by atoms with E-state index in [4.69, 9.17) is 4.74 Å². The second-order valence-corrected chi connectivity index (χ2v) is 8.34. The Kier molecular flexibility index (Phi) is 5.44. The van der Waals surface area contributed by atoms with Gasteiger partial charge in [-0.3, -0.25) is 14.5 Å². The van der Waals surface area contributed by atoms with Crippen LogP contribution < -0.4 is 5.32 Å². The summed E-state index contributed by atoms with van der Waals surface area (Å²) >= 11 is 0. The fourth-order valence-corrected chi connectivity index (χ4v) is 4.70. The SMILES string of the molecule is CCn1nc2c(c1C(=O)NC1CCC(O)(c3cccnc3)CC1)C[C@H](C)O[C@@H]2C. The van der Waals surface area contributed by atoms with Crippen LogP contribution in [0.1, 0.15) is 79.9 Å². The summed E-state index contributed by atoms with van der Waals surface area (Å²) in [4.78, 5) is 17.3. The molecular formula is C22H30N4O3. The molecule has 29 heavy (non-hydrogen) atoms. The number of pyridine rings is 1. The molecule has 1 amide bonds. The molecule has 1 saturated carbocycles. The summed E-state index contributed by atoms with van der Waals surface area (Å²) in [5.74, 6) is -0.0706. The summed E-state index contributed by atoms with van der Waals surface area (Å²) in [5.41, 5.74) is 2.55. The molecule has 2 aromatic heterocycles. The van der Waals surface area contributed by atoms with Gasteiger partial charge in [0, 0.05) is 42.5 Å². The maximum Gasteiger partial charge on any atom is 0.270 e. The zero-order valence-corrected chi connectivity index (χ0v) is 17.4. The molecule has 0 aromatic carbocycles. The Morgan fingerprint density at radius 2 is 2.14 bits per heavy atom. The molecule has 0 radical (unpaired) electrons. The van der Waals surface area contributed by atoms with Crippen molar-refractivity contribution in [1.82, 2.24) is 20.1 Å². The third-order valence-electron chi connectivity index (χ3n) is 6.26. The quantitative estimate of drug-likeness (QED) is 0.827. The van der Waals surface area contributed by atoms with Crippen molar-refractivity contribution in [3.8, 4) is 0 Å². The number of rotatable bonds is 4. The van der Waals surface area contributed by atoms with Gasteiger partial charge in [0.25, 0.3) is 5.91 Å². The van der Waals surface area contributed by atoms with Gasteiger partial charge >= 0.3 is 0 Å². The molecule has 3 heterocycles. The van der Waals surface area contributed by atoms with Crippen LogP contribution in [0.4, 0.5) is 0 Å². The number of amides is 1. The minimum Gasteiger partial charge on any atom is -0.385 e. The van der Waals surface area contributed by atoms with Crippen LogP contribution in [0.15, 0.2) is 24.5 Å². The van der Waals surface area contributed by atoms with Gasteiger partial charge in [-0.1, -0.05) is 6.07 Å². The number of aromatic nitrogens is 3. The van der Waals surface area contributed by atoms with E-state index in [1.807, 2.05) is 32.9 Å². The van der Waals surface area contributed by atoms with Crippen LogP contribution in [-0.4, -0.2) is 37.9 Å². The highest BCUT2D eigenvalue weighted by Gasteiger charge is 2.37. The number of nitrogens with one attached hydrogen (secondary N) is 1. The molecular weight excluding hydrogens is 368 g/mol. The Morgan fingerprint density at radius 1 is 1.38 bits per heavy atom. The van der Waals surface area contributed by atoms with Gasteiger partial charge in [-0.05, 0) is 52.5 Å². The van der Waals surface area contributed by atoms with E-state index in [-0.39, 0.29) is 24.2 Å². The fraction of sp³-hybridized carbons (Fsp3) is 0.591. The normalized spacial score (nSPS) is 29.3. The lowest BCUT2D eigenvalue weighted by Crippen LogP contribution is -2.43. The number of aryl methyl sites for hydroxylation is 1. The average Bonchev–Trinajstić information content (AvgIpc) is 3.09. The van der Waals surface area contributed by atoms with Crippen molar-refractivity contribution in [1.29, 1.82) is 0 Å². The van der Waals surface area contributed by atoms with Gasteiger partial charge < -0.3 is 15.2 Å². The summed E-state index contributed by atoms with van der Waals surface area (Å²) in [5, 5.41) is 18.8. The first-order valence-electron chi connectivity index (χ1n) is 10.6. The first-order valence-corrected chi connectivity index (χ1v) is 10.6. The number of ether oxygens (including phenoxy) is 1. The Bertz CT molecular complexity index is 872. The first kappa shape index (κ1) is 20.0. The van der Waals surface area contributed by atoms with Crippen molar-refractivity contribution in [3.05, 3.63) is 47.0 Å². The molecule has 7 nitrogen and oxygen atoms in total. The van der Waals surface area contributed by atoms with Crippen molar-refractivity contribution < 1.29 is 14.6 Å². The maximum absolute atomic E-state index is 13.2. The minimum atomic E-state index is -0.859. The lowest BCUT2D eigenvalue weighted by molar-refractivity contribution is -0.00877. The van der Waals surface area contributed by atoms with Gasteiger partial charge in [0.1, 0.15) is 5.69 Å². The number of fused-ring (bicyclic) bond motifs is 1. The summed E-state index contributed by atoms with van der Waals surface area (Å²) in [6.07, 6.45) is 6.80. The number of hydrogen-bond acceptors (Lipinski definition) is 5. The van der Waals surface area contributed by atoms with Gasteiger partial charge in [-0.2, -0.15) is 5.10 Å². The molecule has 156 valence electrons. The number of carbonyl (C=O) groups excluding carboxylic acids is 1. The monoisotopic (exact) mass is 398 g/mol. The third kappa shape index (κ3) is 3.81. The molecule has 0 bridgehead atoms. The van der Waals surface area contributed by atoms with E-state index >= 15 is 0 Å². The third-order valence-corrected chi connectivity index (χ3v) is 6.26. The van der Waals surface area contributed by atoms with Crippen LogP contribution in [0.25, 0.3) is 0 Å². The van der Waals surface area contributed by atoms with Crippen LogP contribution in [0, 0.1) is 0 Å². The van der Waals surface area contributed by atoms with E-state index < -0.39 is 5.60 Å². The largest absolute Gasteiger partial charge is 0.385 e. The predicted octanol–water partition coefficient (Wildman–Crippen LogP) is 2.88. The number of aliphatic hydroxyl groups is 1. The molecule has 4 rings (SSSR count). The second-order valence-electron chi connectivity index (χ2n) is 8.34.